The Morgan fingerprint density at radius 2 is 1.82 bits per heavy atom. The second kappa shape index (κ2) is 9.61. The van der Waals surface area contributed by atoms with E-state index in [2.05, 4.69) is 10.6 Å². The predicted molar refractivity (Wildman–Crippen MR) is 127 cm³/mol. The summed E-state index contributed by atoms with van der Waals surface area (Å²) < 4.78 is 31.6. The van der Waals surface area contributed by atoms with Crippen LogP contribution in [0.4, 0.5) is 11.4 Å². The molecule has 176 valence electrons. The van der Waals surface area contributed by atoms with Gasteiger partial charge in [0.2, 0.25) is 10.0 Å². The molecule has 0 radical (unpaired) electrons. The van der Waals surface area contributed by atoms with E-state index in [0.717, 1.165) is 36.2 Å². The lowest BCUT2D eigenvalue weighted by Gasteiger charge is -2.34. The lowest BCUT2D eigenvalue weighted by atomic mass is 9.95. The number of nitrogens with zero attached hydrogens (tertiary/aromatic N) is 1. The summed E-state index contributed by atoms with van der Waals surface area (Å²) >= 11 is 6.02. The summed E-state index contributed by atoms with van der Waals surface area (Å²) in [5.74, 6) is -0.568. The Morgan fingerprint density at radius 3 is 2.55 bits per heavy atom. The summed E-state index contributed by atoms with van der Waals surface area (Å²) in [7, 11) is -3.68. The molecule has 10 heteroatoms. The number of benzene rings is 2. The van der Waals surface area contributed by atoms with Gasteiger partial charge in [0.1, 0.15) is 5.75 Å². The first-order valence-corrected chi connectivity index (χ1v) is 13.1. The standard InChI is InChI=1S/C23H26ClN3O5S/c1-33(30,31)27-14-21(32-20-12-11-15(24)13-19(20)27)23(29)26-18-10-6-5-9-17(18)22(28)25-16-7-3-2-4-8-16/h5-6,9-13,16,21H,2-4,7-8,14H2,1H3,(H,25,28)(H,26,29)/t21-/m1/s1. The molecule has 2 aliphatic rings. The number of carbonyl (C=O) groups is 2. The molecule has 1 aliphatic heterocycles. The topological polar surface area (TPSA) is 105 Å². The molecule has 4 rings (SSSR count). The predicted octanol–water partition coefficient (Wildman–Crippen LogP) is 3.57. The molecule has 1 heterocycles. The Bertz CT molecular complexity index is 1160. The molecule has 0 saturated heterocycles. The molecule has 2 amide bonds. The monoisotopic (exact) mass is 491 g/mol. The Morgan fingerprint density at radius 1 is 1.09 bits per heavy atom. The van der Waals surface area contributed by atoms with Crippen molar-refractivity contribution in [3.05, 3.63) is 53.1 Å². The molecular weight excluding hydrogens is 466 g/mol. The first-order chi connectivity index (χ1) is 15.7. The Labute approximate surface area is 198 Å². The molecule has 2 aromatic rings. The number of sulfonamides is 1. The highest BCUT2D eigenvalue weighted by atomic mass is 35.5. The minimum Gasteiger partial charge on any atom is -0.476 e. The number of carbonyl (C=O) groups excluding carboxylic acids is 2. The van der Waals surface area contributed by atoms with Crippen molar-refractivity contribution in [2.75, 3.05) is 22.4 Å². The number of ether oxygens (including phenoxy) is 1. The second-order valence-electron chi connectivity index (χ2n) is 8.36. The molecule has 0 aromatic heterocycles. The normalized spacial score (nSPS) is 18.7. The van der Waals surface area contributed by atoms with Gasteiger partial charge in [0, 0.05) is 11.1 Å². The van der Waals surface area contributed by atoms with E-state index in [-0.39, 0.29) is 29.9 Å². The van der Waals surface area contributed by atoms with Crippen LogP contribution >= 0.6 is 11.6 Å². The lowest BCUT2D eigenvalue weighted by molar-refractivity contribution is -0.122. The second-order valence-corrected chi connectivity index (χ2v) is 10.7. The van der Waals surface area contributed by atoms with Crippen LogP contribution in [0.1, 0.15) is 42.5 Å². The maximum atomic E-state index is 13.1. The number of rotatable bonds is 5. The van der Waals surface area contributed by atoms with Crippen molar-refractivity contribution in [3.8, 4) is 5.75 Å². The van der Waals surface area contributed by atoms with Crippen LogP contribution in [0, 0.1) is 0 Å². The van der Waals surface area contributed by atoms with Gasteiger partial charge in [-0.15, -0.1) is 0 Å². The minimum absolute atomic E-state index is 0.128. The van der Waals surface area contributed by atoms with Gasteiger partial charge in [-0.1, -0.05) is 43.0 Å². The molecule has 33 heavy (non-hydrogen) atoms. The first kappa shape index (κ1) is 23.4. The molecule has 2 N–H and O–H groups in total. The molecule has 0 spiro atoms. The van der Waals surface area contributed by atoms with Crippen molar-refractivity contribution >= 4 is 44.8 Å². The van der Waals surface area contributed by atoms with Crippen LogP contribution < -0.4 is 19.7 Å². The molecule has 1 saturated carbocycles. The zero-order chi connectivity index (χ0) is 23.6. The van der Waals surface area contributed by atoms with Gasteiger partial charge in [-0.25, -0.2) is 8.42 Å². The van der Waals surface area contributed by atoms with Gasteiger partial charge in [0.25, 0.3) is 11.8 Å². The first-order valence-electron chi connectivity index (χ1n) is 10.9. The van der Waals surface area contributed by atoms with Crippen LogP contribution in [0.2, 0.25) is 5.02 Å². The number of halogens is 1. The maximum Gasteiger partial charge on any atom is 0.267 e. The van der Waals surface area contributed by atoms with Crippen molar-refractivity contribution < 1.29 is 22.7 Å². The van der Waals surface area contributed by atoms with Gasteiger partial charge < -0.3 is 15.4 Å². The smallest absolute Gasteiger partial charge is 0.267 e. The van der Waals surface area contributed by atoms with Crippen molar-refractivity contribution in [2.45, 2.75) is 44.2 Å². The fraction of sp³-hybridized carbons (Fsp3) is 0.391. The van der Waals surface area contributed by atoms with Gasteiger partial charge in [0.15, 0.2) is 6.10 Å². The lowest BCUT2D eigenvalue weighted by Crippen LogP contribution is -2.48. The summed E-state index contributed by atoms with van der Waals surface area (Å²) in [6.45, 7) is -0.214. The number of nitrogens with one attached hydrogen (secondary N) is 2. The van der Waals surface area contributed by atoms with E-state index in [1.165, 1.54) is 18.6 Å². The highest BCUT2D eigenvalue weighted by Gasteiger charge is 2.35. The molecule has 8 nitrogen and oxygen atoms in total. The quantitative estimate of drug-likeness (QED) is 0.665. The SMILES string of the molecule is CS(=O)(=O)N1C[C@H](C(=O)Nc2ccccc2C(=O)NC2CCCCC2)Oc2ccc(Cl)cc21. The van der Waals surface area contributed by atoms with Crippen molar-refractivity contribution in [1.82, 2.24) is 5.32 Å². The van der Waals surface area contributed by atoms with E-state index in [9.17, 15) is 18.0 Å². The Balaban J connectivity index is 1.53. The highest BCUT2D eigenvalue weighted by Crippen LogP contribution is 2.37. The highest BCUT2D eigenvalue weighted by molar-refractivity contribution is 7.92. The maximum absolute atomic E-state index is 13.1. The van der Waals surface area contributed by atoms with Crippen LogP contribution in [0.3, 0.4) is 0 Å². The number of amides is 2. The molecule has 1 aliphatic carbocycles. The van der Waals surface area contributed by atoms with Gasteiger partial charge >= 0.3 is 0 Å². The zero-order valence-corrected chi connectivity index (χ0v) is 19.8. The third-order valence-corrected chi connectivity index (χ3v) is 7.23. The van der Waals surface area contributed by atoms with E-state index in [4.69, 9.17) is 16.3 Å². The van der Waals surface area contributed by atoms with E-state index >= 15 is 0 Å². The molecule has 0 unspecified atom stereocenters. The van der Waals surface area contributed by atoms with Gasteiger partial charge in [-0.05, 0) is 43.2 Å². The van der Waals surface area contributed by atoms with E-state index in [1.807, 2.05) is 0 Å². The van der Waals surface area contributed by atoms with Crippen molar-refractivity contribution in [1.29, 1.82) is 0 Å². The average molecular weight is 492 g/mol. The molecular formula is C23H26ClN3O5S. The number of hydrogen-bond donors (Lipinski definition) is 2. The third kappa shape index (κ3) is 5.42. The fourth-order valence-electron chi connectivity index (χ4n) is 4.19. The van der Waals surface area contributed by atoms with Crippen LogP contribution in [0.25, 0.3) is 0 Å². The number of hydrogen-bond acceptors (Lipinski definition) is 5. The van der Waals surface area contributed by atoms with E-state index in [0.29, 0.717) is 16.3 Å². The Hall–Kier alpha value is -2.78. The van der Waals surface area contributed by atoms with Gasteiger partial charge in [0.05, 0.1) is 29.7 Å². The largest absolute Gasteiger partial charge is 0.476 e. The molecule has 2 aromatic carbocycles. The molecule has 1 atom stereocenters. The van der Waals surface area contributed by atoms with Gasteiger partial charge in [-0.2, -0.15) is 0 Å². The zero-order valence-electron chi connectivity index (χ0n) is 18.2. The summed E-state index contributed by atoms with van der Waals surface area (Å²) in [6.07, 6.45) is 5.20. The number of para-hydroxylation sites is 1. The van der Waals surface area contributed by atoms with Crippen LogP contribution in [0.5, 0.6) is 5.75 Å². The summed E-state index contributed by atoms with van der Waals surface area (Å²) in [4.78, 5) is 25.9. The average Bonchev–Trinajstić information content (AvgIpc) is 2.78. The van der Waals surface area contributed by atoms with Crippen LogP contribution in [0.15, 0.2) is 42.5 Å². The number of anilines is 2. The van der Waals surface area contributed by atoms with Crippen molar-refractivity contribution in [3.63, 3.8) is 0 Å². The van der Waals surface area contributed by atoms with Crippen LogP contribution in [-0.4, -0.2) is 45.2 Å². The van der Waals surface area contributed by atoms with E-state index < -0.39 is 22.0 Å². The van der Waals surface area contributed by atoms with Gasteiger partial charge in [-0.3, -0.25) is 13.9 Å². The Kier molecular flexibility index (Phi) is 6.81. The van der Waals surface area contributed by atoms with Crippen LogP contribution in [-0.2, 0) is 14.8 Å². The summed E-state index contributed by atoms with van der Waals surface area (Å²) in [5.41, 5.74) is 0.966. The summed E-state index contributed by atoms with van der Waals surface area (Å²) in [5, 5.41) is 6.15. The molecule has 0 bridgehead atoms. The fourth-order valence-corrected chi connectivity index (χ4v) is 5.26. The minimum atomic E-state index is -3.68. The third-order valence-electron chi connectivity index (χ3n) is 5.85. The molecule has 1 fully saturated rings. The van der Waals surface area contributed by atoms with Crippen molar-refractivity contribution in [2.24, 2.45) is 0 Å². The van der Waals surface area contributed by atoms with E-state index in [1.54, 1.807) is 30.3 Å². The number of fused-ring (bicyclic) bond motifs is 1. The summed E-state index contributed by atoms with van der Waals surface area (Å²) in [6, 6.07) is 11.4.